The standard InChI is InChI=1S/C29H29ClO5/c1-29(2)24-16-23(28(31)32)26(17-33-21-11-9-20(30)10-12-21)34-27(24)22-15-19(8-13-25(22)35-29)14-18-6-4-3-5-7-18/h3-13,15,23-24,26-27H,14,16-17H2,1-2H3,(H,31,32)/t23-,24+,26+,27-/m1/s1. The fourth-order valence-corrected chi connectivity index (χ4v) is 5.33. The third-order valence-electron chi connectivity index (χ3n) is 7.09. The highest BCUT2D eigenvalue weighted by Gasteiger charge is 2.52. The SMILES string of the molecule is CC1(C)Oc2ccc(Cc3ccccc3)cc2[C@H]2O[C@@H](COc3ccc(Cl)cc3)[C@H](C(=O)O)C[C@@H]21. The lowest BCUT2D eigenvalue weighted by Gasteiger charge is -2.50. The minimum atomic E-state index is -0.882. The first-order valence-corrected chi connectivity index (χ1v) is 12.3. The number of fused-ring (bicyclic) bond motifs is 3. The number of hydrogen-bond acceptors (Lipinski definition) is 4. The fourth-order valence-electron chi connectivity index (χ4n) is 5.20. The molecule has 4 atom stereocenters. The zero-order chi connectivity index (χ0) is 24.6. The van der Waals surface area contributed by atoms with Gasteiger partial charge in [-0.3, -0.25) is 4.79 Å². The molecule has 3 aromatic carbocycles. The van der Waals surface area contributed by atoms with Crippen LogP contribution in [-0.2, 0) is 16.0 Å². The van der Waals surface area contributed by atoms with E-state index in [-0.39, 0.29) is 18.6 Å². The summed E-state index contributed by atoms with van der Waals surface area (Å²) in [5.41, 5.74) is 2.80. The summed E-state index contributed by atoms with van der Waals surface area (Å²) in [6.07, 6.45) is 0.377. The Morgan fingerprint density at radius 1 is 1.06 bits per heavy atom. The van der Waals surface area contributed by atoms with E-state index in [2.05, 4.69) is 24.3 Å². The summed E-state index contributed by atoms with van der Waals surface area (Å²) in [6.45, 7) is 4.17. The van der Waals surface area contributed by atoms with Crippen LogP contribution >= 0.6 is 11.6 Å². The molecule has 35 heavy (non-hydrogen) atoms. The summed E-state index contributed by atoms with van der Waals surface area (Å²) >= 11 is 5.97. The van der Waals surface area contributed by atoms with Gasteiger partial charge in [0.25, 0.3) is 0 Å². The number of halogens is 1. The highest BCUT2D eigenvalue weighted by molar-refractivity contribution is 6.30. The molecular weight excluding hydrogens is 464 g/mol. The van der Waals surface area contributed by atoms with Crippen molar-refractivity contribution in [3.05, 3.63) is 94.5 Å². The molecule has 1 N–H and O–H groups in total. The summed E-state index contributed by atoms with van der Waals surface area (Å²) in [4.78, 5) is 12.2. The minimum absolute atomic E-state index is 0.102. The van der Waals surface area contributed by atoms with Gasteiger partial charge in [0, 0.05) is 16.5 Å². The topological polar surface area (TPSA) is 65.0 Å². The molecule has 0 bridgehead atoms. The van der Waals surface area contributed by atoms with Crippen molar-refractivity contribution in [3.63, 3.8) is 0 Å². The van der Waals surface area contributed by atoms with Gasteiger partial charge >= 0.3 is 5.97 Å². The van der Waals surface area contributed by atoms with Crippen molar-refractivity contribution < 1.29 is 24.1 Å². The van der Waals surface area contributed by atoms with Crippen LogP contribution < -0.4 is 9.47 Å². The first-order valence-electron chi connectivity index (χ1n) is 11.9. The van der Waals surface area contributed by atoms with Gasteiger partial charge in [0.15, 0.2) is 0 Å². The van der Waals surface area contributed by atoms with E-state index in [1.54, 1.807) is 24.3 Å². The molecule has 1 saturated heterocycles. The molecule has 1 fully saturated rings. The summed E-state index contributed by atoms with van der Waals surface area (Å²) in [7, 11) is 0. The summed E-state index contributed by atoms with van der Waals surface area (Å²) < 4.78 is 18.9. The van der Waals surface area contributed by atoms with Gasteiger partial charge in [-0.25, -0.2) is 0 Å². The first kappa shape index (κ1) is 23.7. The maximum atomic E-state index is 12.2. The van der Waals surface area contributed by atoms with Gasteiger partial charge in [0.05, 0.1) is 12.0 Å². The van der Waals surface area contributed by atoms with Crippen molar-refractivity contribution in [1.82, 2.24) is 0 Å². The van der Waals surface area contributed by atoms with Gasteiger partial charge in [0.2, 0.25) is 0 Å². The van der Waals surface area contributed by atoms with Crippen molar-refractivity contribution in [2.75, 3.05) is 6.61 Å². The molecule has 2 heterocycles. The number of carboxylic acids is 1. The van der Waals surface area contributed by atoms with Crippen LogP contribution in [0.5, 0.6) is 11.5 Å². The van der Waals surface area contributed by atoms with Crippen molar-refractivity contribution >= 4 is 17.6 Å². The molecule has 182 valence electrons. The van der Waals surface area contributed by atoms with Gasteiger partial charge in [-0.2, -0.15) is 0 Å². The molecular formula is C29H29ClO5. The van der Waals surface area contributed by atoms with E-state index < -0.39 is 23.6 Å². The number of carbonyl (C=O) groups is 1. The number of hydrogen-bond donors (Lipinski definition) is 1. The lowest BCUT2D eigenvalue weighted by Crippen LogP contribution is -2.53. The van der Waals surface area contributed by atoms with E-state index in [0.29, 0.717) is 17.2 Å². The van der Waals surface area contributed by atoms with Crippen LogP contribution in [0.3, 0.4) is 0 Å². The lowest BCUT2D eigenvalue weighted by molar-refractivity contribution is -0.192. The predicted octanol–water partition coefficient (Wildman–Crippen LogP) is 6.33. The van der Waals surface area contributed by atoms with E-state index in [9.17, 15) is 9.90 Å². The van der Waals surface area contributed by atoms with Crippen LogP contribution in [0.25, 0.3) is 0 Å². The second-order valence-corrected chi connectivity index (χ2v) is 10.3. The predicted molar refractivity (Wildman–Crippen MR) is 134 cm³/mol. The number of carboxylic acid groups (broad SMARTS) is 1. The zero-order valence-electron chi connectivity index (χ0n) is 19.8. The largest absolute Gasteiger partial charge is 0.491 e. The van der Waals surface area contributed by atoms with Crippen molar-refractivity contribution in [2.24, 2.45) is 11.8 Å². The average molecular weight is 493 g/mol. The monoisotopic (exact) mass is 492 g/mol. The highest BCUT2D eigenvalue weighted by atomic mass is 35.5. The Balaban J connectivity index is 1.43. The van der Waals surface area contributed by atoms with Crippen LogP contribution in [0.2, 0.25) is 5.02 Å². The van der Waals surface area contributed by atoms with Gasteiger partial charge in [-0.15, -0.1) is 0 Å². The molecule has 3 aromatic rings. The van der Waals surface area contributed by atoms with Crippen LogP contribution in [-0.4, -0.2) is 29.4 Å². The number of benzene rings is 3. The van der Waals surface area contributed by atoms with E-state index in [0.717, 1.165) is 23.3 Å². The average Bonchev–Trinajstić information content (AvgIpc) is 2.84. The molecule has 6 heteroatoms. The first-order chi connectivity index (χ1) is 16.8. The highest BCUT2D eigenvalue weighted by Crippen LogP contribution is 2.52. The van der Waals surface area contributed by atoms with Crippen LogP contribution in [0.4, 0.5) is 0 Å². The Labute approximate surface area is 210 Å². The lowest BCUT2D eigenvalue weighted by atomic mass is 9.71. The van der Waals surface area contributed by atoms with Crippen molar-refractivity contribution in [1.29, 1.82) is 0 Å². The van der Waals surface area contributed by atoms with Gasteiger partial charge in [-0.1, -0.05) is 48.0 Å². The number of aliphatic carboxylic acids is 1. The van der Waals surface area contributed by atoms with E-state index in [1.165, 1.54) is 5.56 Å². The smallest absolute Gasteiger partial charge is 0.309 e. The molecule has 0 aromatic heterocycles. The molecule has 0 aliphatic carbocycles. The van der Waals surface area contributed by atoms with Gasteiger partial charge < -0.3 is 19.3 Å². The quantitative estimate of drug-likeness (QED) is 0.435. The molecule has 0 spiro atoms. The Hall–Kier alpha value is -3.02. The fraction of sp³-hybridized carbons (Fsp3) is 0.345. The maximum Gasteiger partial charge on any atom is 0.309 e. The normalized spacial score (nSPS) is 24.5. The molecule has 2 aliphatic rings. The molecule has 2 aliphatic heterocycles. The second-order valence-electron chi connectivity index (χ2n) is 9.89. The Morgan fingerprint density at radius 2 is 1.80 bits per heavy atom. The molecule has 0 amide bonds. The van der Waals surface area contributed by atoms with E-state index >= 15 is 0 Å². The Morgan fingerprint density at radius 3 is 2.51 bits per heavy atom. The van der Waals surface area contributed by atoms with E-state index in [1.807, 2.05) is 38.1 Å². The summed E-state index contributed by atoms with van der Waals surface area (Å²) in [6, 6.07) is 23.6. The molecule has 5 rings (SSSR count). The molecule has 0 saturated carbocycles. The minimum Gasteiger partial charge on any atom is -0.491 e. The third-order valence-corrected chi connectivity index (χ3v) is 7.34. The molecule has 5 nitrogen and oxygen atoms in total. The Bertz CT molecular complexity index is 1190. The van der Waals surface area contributed by atoms with Crippen molar-refractivity contribution in [2.45, 2.75) is 44.5 Å². The van der Waals surface area contributed by atoms with Gasteiger partial charge in [0.1, 0.15) is 29.8 Å². The third kappa shape index (κ3) is 5.02. The van der Waals surface area contributed by atoms with Crippen LogP contribution in [0.1, 0.15) is 43.1 Å². The second kappa shape index (κ2) is 9.56. The summed E-state index contributed by atoms with van der Waals surface area (Å²) in [5, 5.41) is 10.6. The van der Waals surface area contributed by atoms with Crippen LogP contribution in [0, 0.1) is 11.8 Å². The van der Waals surface area contributed by atoms with Crippen LogP contribution in [0.15, 0.2) is 72.8 Å². The summed E-state index contributed by atoms with van der Waals surface area (Å²) in [5.74, 6) is -0.260. The van der Waals surface area contributed by atoms with Gasteiger partial charge in [-0.05, 0) is 74.2 Å². The Kier molecular flexibility index (Phi) is 6.47. The molecule has 0 radical (unpaired) electrons. The maximum absolute atomic E-state index is 12.2. The zero-order valence-corrected chi connectivity index (χ0v) is 20.6. The van der Waals surface area contributed by atoms with Crippen molar-refractivity contribution in [3.8, 4) is 11.5 Å². The number of ether oxygens (including phenoxy) is 3. The molecule has 0 unspecified atom stereocenters. The number of rotatable bonds is 6. The van der Waals surface area contributed by atoms with E-state index in [4.69, 9.17) is 25.8 Å².